The summed E-state index contributed by atoms with van der Waals surface area (Å²) in [6.45, 7) is 5.15. The molecule has 0 unspecified atom stereocenters. The van der Waals surface area contributed by atoms with Gasteiger partial charge < -0.3 is 24.3 Å². The largest absolute Gasteiger partial charge is 0.473 e. The van der Waals surface area contributed by atoms with Gasteiger partial charge in [-0.15, -0.1) is 0 Å². The Morgan fingerprint density at radius 2 is 1.67 bits per heavy atom. The van der Waals surface area contributed by atoms with Crippen LogP contribution in [0.5, 0.6) is 0 Å². The van der Waals surface area contributed by atoms with Crippen LogP contribution in [0.1, 0.15) is 36.1 Å². The monoisotopic (exact) mass is 453 g/mol. The van der Waals surface area contributed by atoms with Gasteiger partial charge in [-0.1, -0.05) is 42.8 Å². The molecule has 1 fully saturated rings. The molecule has 2 aromatic carbocycles. The van der Waals surface area contributed by atoms with Crippen LogP contribution in [0, 0.1) is 0 Å². The lowest BCUT2D eigenvalue weighted by molar-refractivity contribution is -0.159. The minimum Gasteiger partial charge on any atom is -0.473 e. The number of ether oxygens (including phenoxy) is 1. The summed E-state index contributed by atoms with van der Waals surface area (Å²) >= 11 is 0. The summed E-state index contributed by atoms with van der Waals surface area (Å²) in [5, 5.41) is 17.4. The van der Waals surface area contributed by atoms with Crippen molar-refractivity contribution in [1.29, 1.82) is 0 Å². The summed E-state index contributed by atoms with van der Waals surface area (Å²) in [6, 6.07) is 17.1. The Morgan fingerprint density at radius 1 is 0.909 bits per heavy atom. The topological polar surface area (TPSA) is 100 Å². The highest BCUT2D eigenvalue weighted by atomic mass is 16.5. The van der Waals surface area contributed by atoms with Gasteiger partial charge in [-0.25, -0.2) is 9.59 Å². The van der Waals surface area contributed by atoms with Gasteiger partial charge in [-0.3, -0.25) is 0 Å². The zero-order valence-electron chi connectivity index (χ0n) is 18.7. The molecule has 0 spiro atoms. The van der Waals surface area contributed by atoms with Crippen LogP contribution in [0.15, 0.2) is 59.2 Å². The van der Waals surface area contributed by atoms with Crippen molar-refractivity contribution < 1.29 is 29.0 Å². The van der Waals surface area contributed by atoms with Crippen LogP contribution >= 0.6 is 0 Å². The first-order valence-corrected chi connectivity index (χ1v) is 11.3. The van der Waals surface area contributed by atoms with Crippen LogP contribution in [0.2, 0.25) is 0 Å². The number of carboxylic acids is 2. The summed E-state index contributed by atoms with van der Waals surface area (Å²) < 4.78 is 11.6. The second-order valence-corrected chi connectivity index (χ2v) is 8.06. The number of likely N-dealkylation sites (tertiary alicyclic amines) is 1. The number of hydrogen-bond acceptors (Lipinski definition) is 5. The Bertz CT molecular complexity index is 1010. The van der Waals surface area contributed by atoms with Crippen molar-refractivity contribution in [1.82, 2.24) is 4.90 Å². The molecule has 1 saturated heterocycles. The number of furan rings is 1. The summed E-state index contributed by atoms with van der Waals surface area (Å²) in [6.07, 6.45) is 7.60. The molecule has 0 bridgehead atoms. The highest BCUT2D eigenvalue weighted by Gasteiger charge is 2.11. The molecule has 33 heavy (non-hydrogen) atoms. The third-order valence-electron chi connectivity index (χ3n) is 5.77. The quantitative estimate of drug-likeness (QED) is 0.389. The summed E-state index contributed by atoms with van der Waals surface area (Å²) in [5.74, 6) is -2.64. The number of carbonyl (C=O) groups is 2. The molecule has 0 aliphatic carbocycles. The van der Waals surface area contributed by atoms with Gasteiger partial charge in [0.2, 0.25) is 0 Å². The number of rotatable bonds is 8. The zero-order chi connectivity index (χ0) is 23.5. The van der Waals surface area contributed by atoms with E-state index in [1.807, 2.05) is 6.07 Å². The lowest BCUT2D eigenvalue weighted by atomic mass is 9.94. The predicted octanol–water partition coefficient (Wildman–Crippen LogP) is 4.22. The molecular weight excluding hydrogens is 422 g/mol. The van der Waals surface area contributed by atoms with Crippen LogP contribution in [0.3, 0.4) is 0 Å². The zero-order valence-corrected chi connectivity index (χ0v) is 18.7. The number of nitrogens with zero attached hydrogens (tertiary/aromatic N) is 1. The van der Waals surface area contributed by atoms with Crippen molar-refractivity contribution in [2.45, 2.75) is 32.1 Å². The molecule has 176 valence electrons. The van der Waals surface area contributed by atoms with E-state index in [2.05, 4.69) is 47.4 Å². The van der Waals surface area contributed by atoms with Crippen LogP contribution < -0.4 is 0 Å². The smallest absolute Gasteiger partial charge is 0.414 e. The molecule has 1 aromatic heterocycles. The SMILES string of the molecule is O=C(O)C(=O)O.c1coc(Cc2c(CCOCCN3CCCCC3)ccc3ccccc23)c1. The van der Waals surface area contributed by atoms with Gasteiger partial charge in [0.1, 0.15) is 5.76 Å². The van der Waals surface area contributed by atoms with E-state index in [1.165, 1.54) is 54.3 Å². The molecule has 0 saturated carbocycles. The van der Waals surface area contributed by atoms with Gasteiger partial charge in [0.25, 0.3) is 0 Å². The normalized spacial score (nSPS) is 13.9. The molecule has 7 heteroatoms. The lowest BCUT2D eigenvalue weighted by Gasteiger charge is -2.26. The Labute approximate surface area is 193 Å². The first-order chi connectivity index (χ1) is 16.0. The molecule has 1 aliphatic rings. The lowest BCUT2D eigenvalue weighted by Crippen LogP contribution is -2.32. The molecule has 3 aromatic rings. The van der Waals surface area contributed by atoms with Crippen molar-refractivity contribution in [2.75, 3.05) is 32.8 Å². The molecule has 0 atom stereocenters. The van der Waals surface area contributed by atoms with Crippen LogP contribution in [0.4, 0.5) is 0 Å². The van der Waals surface area contributed by atoms with Crippen molar-refractivity contribution >= 4 is 22.7 Å². The Balaban J connectivity index is 0.000000454. The number of piperidine rings is 1. The van der Waals surface area contributed by atoms with Crippen LogP contribution in [0.25, 0.3) is 10.8 Å². The maximum atomic E-state index is 9.10. The van der Waals surface area contributed by atoms with Gasteiger partial charge >= 0.3 is 11.9 Å². The molecule has 0 amide bonds. The second-order valence-electron chi connectivity index (χ2n) is 8.06. The minimum absolute atomic E-state index is 0.775. The minimum atomic E-state index is -1.82. The average Bonchev–Trinajstić information content (AvgIpc) is 3.34. The van der Waals surface area contributed by atoms with Crippen molar-refractivity contribution in [3.05, 3.63) is 71.7 Å². The predicted molar refractivity (Wildman–Crippen MR) is 126 cm³/mol. The Hall–Kier alpha value is -3.16. The van der Waals surface area contributed by atoms with E-state index < -0.39 is 11.9 Å². The van der Waals surface area contributed by atoms with E-state index >= 15 is 0 Å². The average molecular weight is 454 g/mol. The molecule has 1 aliphatic heterocycles. The molecule has 0 radical (unpaired) electrons. The van der Waals surface area contributed by atoms with E-state index in [-0.39, 0.29) is 0 Å². The van der Waals surface area contributed by atoms with E-state index in [0.717, 1.165) is 38.4 Å². The summed E-state index contributed by atoms with van der Waals surface area (Å²) in [5.41, 5.74) is 2.73. The van der Waals surface area contributed by atoms with E-state index in [1.54, 1.807) is 6.26 Å². The Kier molecular flexibility index (Phi) is 9.47. The van der Waals surface area contributed by atoms with Gasteiger partial charge in [-0.2, -0.15) is 0 Å². The van der Waals surface area contributed by atoms with Gasteiger partial charge in [0.05, 0.1) is 19.5 Å². The standard InChI is InChI=1S/C24H29NO2.C2H2O4/c1-4-13-25(14-5-1)15-18-26-17-12-21-11-10-20-7-2-3-9-23(20)24(21)19-22-8-6-16-27-22;3-1(4)2(5)6/h2-3,6-11,16H,1,4-5,12-15,17-19H2;(H,3,4)(H,5,6). The summed E-state index contributed by atoms with van der Waals surface area (Å²) in [4.78, 5) is 20.7. The van der Waals surface area contributed by atoms with E-state index in [9.17, 15) is 0 Å². The molecule has 7 nitrogen and oxygen atoms in total. The fourth-order valence-electron chi connectivity index (χ4n) is 4.07. The first-order valence-electron chi connectivity index (χ1n) is 11.3. The van der Waals surface area contributed by atoms with E-state index in [4.69, 9.17) is 29.0 Å². The number of aliphatic carboxylic acids is 2. The summed E-state index contributed by atoms with van der Waals surface area (Å²) in [7, 11) is 0. The Morgan fingerprint density at radius 3 is 2.36 bits per heavy atom. The fourth-order valence-corrected chi connectivity index (χ4v) is 4.07. The van der Waals surface area contributed by atoms with Gasteiger partial charge in [0, 0.05) is 13.0 Å². The van der Waals surface area contributed by atoms with Gasteiger partial charge in [-0.05, 0) is 66.4 Å². The molecule has 2 heterocycles. The van der Waals surface area contributed by atoms with Crippen molar-refractivity contribution in [3.8, 4) is 0 Å². The van der Waals surface area contributed by atoms with Gasteiger partial charge in [0.15, 0.2) is 0 Å². The highest BCUT2D eigenvalue weighted by Crippen LogP contribution is 2.26. The number of fused-ring (bicyclic) bond motifs is 1. The fraction of sp³-hybridized carbons (Fsp3) is 0.385. The first kappa shape index (κ1) is 24.5. The van der Waals surface area contributed by atoms with Crippen molar-refractivity contribution in [3.63, 3.8) is 0 Å². The number of benzene rings is 2. The molecular formula is C26H31NO6. The molecule has 2 N–H and O–H groups in total. The second kappa shape index (κ2) is 12.8. The maximum absolute atomic E-state index is 9.10. The van der Waals surface area contributed by atoms with Crippen molar-refractivity contribution in [2.24, 2.45) is 0 Å². The van der Waals surface area contributed by atoms with Crippen LogP contribution in [-0.2, 0) is 27.2 Å². The molecule has 4 rings (SSSR count). The third-order valence-corrected chi connectivity index (χ3v) is 5.77. The van der Waals surface area contributed by atoms with E-state index in [0.29, 0.717) is 0 Å². The highest BCUT2D eigenvalue weighted by molar-refractivity contribution is 6.27. The maximum Gasteiger partial charge on any atom is 0.414 e. The number of carboxylic acid groups (broad SMARTS) is 2. The third kappa shape index (κ3) is 7.73. The van der Waals surface area contributed by atoms with Crippen LogP contribution in [-0.4, -0.2) is 59.9 Å². The number of hydrogen-bond donors (Lipinski definition) is 2.